The first-order valence-electron chi connectivity index (χ1n) is 4.31. The summed E-state index contributed by atoms with van der Waals surface area (Å²) in [5.74, 6) is 4.76. The van der Waals surface area contributed by atoms with E-state index in [9.17, 15) is 13.2 Å². The maximum Gasteiger partial charge on any atom is 0.344 e. The summed E-state index contributed by atoms with van der Waals surface area (Å²) in [4.78, 5) is 12.6. The monoisotopic (exact) mass is 244 g/mol. The minimum atomic E-state index is -3.76. The van der Waals surface area contributed by atoms with Gasteiger partial charge in [-0.25, -0.2) is 19.1 Å². The Morgan fingerprint density at radius 2 is 1.81 bits per heavy atom. The molecule has 0 fully saturated rings. The first-order chi connectivity index (χ1) is 7.45. The van der Waals surface area contributed by atoms with Gasteiger partial charge >= 0.3 is 6.03 Å². The lowest BCUT2D eigenvalue weighted by Gasteiger charge is -2.07. The van der Waals surface area contributed by atoms with Crippen LogP contribution in [0, 0.1) is 6.92 Å². The third kappa shape index (κ3) is 3.19. The average molecular weight is 244 g/mol. The van der Waals surface area contributed by atoms with Crippen LogP contribution in [0.5, 0.6) is 0 Å². The lowest BCUT2D eigenvalue weighted by atomic mass is 10.2. The van der Waals surface area contributed by atoms with E-state index < -0.39 is 16.1 Å². The van der Waals surface area contributed by atoms with Crippen LogP contribution >= 0.6 is 0 Å². The maximum atomic E-state index is 11.6. The van der Waals surface area contributed by atoms with Gasteiger partial charge in [-0.2, -0.15) is 0 Å². The highest BCUT2D eigenvalue weighted by Crippen LogP contribution is 2.08. The summed E-state index contributed by atoms with van der Waals surface area (Å²) in [6.45, 7) is 1.84. The molecule has 16 heavy (non-hydrogen) atoms. The summed E-state index contributed by atoms with van der Waals surface area (Å²) in [6, 6.07) is 5.31. The molecule has 0 aliphatic rings. The first-order valence-corrected chi connectivity index (χ1v) is 5.79. The molecule has 0 atom stereocenters. The van der Waals surface area contributed by atoms with Gasteiger partial charge < -0.3 is 0 Å². The number of amides is 2. The molecule has 2 amide bonds. The van der Waals surface area contributed by atoms with Crippen molar-refractivity contribution in [1.29, 1.82) is 0 Å². The van der Waals surface area contributed by atoms with Gasteiger partial charge in [-0.3, -0.25) is 10.9 Å². The van der Waals surface area contributed by atoms with E-state index in [-0.39, 0.29) is 4.90 Å². The third-order valence-electron chi connectivity index (χ3n) is 1.76. The quantitative estimate of drug-likeness (QED) is 0.322. The Hall–Kier alpha value is -1.64. The van der Waals surface area contributed by atoms with Crippen molar-refractivity contribution in [2.75, 3.05) is 0 Å². The summed E-state index contributed by atoms with van der Waals surface area (Å²) >= 11 is 0. The zero-order chi connectivity index (χ0) is 12.2. The van der Waals surface area contributed by atoms with Crippen LogP contribution in [0.1, 0.15) is 5.56 Å². The minimum absolute atomic E-state index is 0.0513. The molecule has 5 N–H and O–H groups in total. The van der Waals surface area contributed by atoms with E-state index in [0.717, 1.165) is 5.56 Å². The number of hydrogen-bond donors (Lipinski definition) is 4. The van der Waals surface area contributed by atoms with Gasteiger partial charge in [-0.05, 0) is 19.1 Å². The fourth-order valence-corrected chi connectivity index (χ4v) is 1.77. The Balaban J connectivity index is 2.78. The number of aryl methyl sites for hydroxylation is 1. The van der Waals surface area contributed by atoms with Crippen molar-refractivity contribution in [1.82, 2.24) is 15.7 Å². The highest BCUT2D eigenvalue weighted by molar-refractivity contribution is 7.89. The van der Waals surface area contributed by atoms with Gasteiger partial charge in [0.2, 0.25) is 0 Å². The molecule has 0 radical (unpaired) electrons. The number of carbonyl (C=O) groups excluding carboxylic acids is 1. The molecule has 0 aromatic heterocycles. The zero-order valence-electron chi connectivity index (χ0n) is 8.52. The maximum absolute atomic E-state index is 11.6. The molecule has 88 valence electrons. The number of hydrazine groups is 2. The highest BCUT2D eigenvalue weighted by atomic mass is 32.2. The van der Waals surface area contributed by atoms with Gasteiger partial charge in [0.05, 0.1) is 4.90 Å². The fourth-order valence-electron chi connectivity index (χ4n) is 0.926. The van der Waals surface area contributed by atoms with Crippen molar-refractivity contribution in [3.8, 4) is 0 Å². The number of carbonyl (C=O) groups is 1. The Labute approximate surface area is 93.0 Å². The Bertz CT molecular complexity index is 469. The minimum Gasteiger partial charge on any atom is -0.275 e. The van der Waals surface area contributed by atoms with Crippen LogP contribution in [-0.4, -0.2) is 14.4 Å². The topological polar surface area (TPSA) is 113 Å². The van der Waals surface area contributed by atoms with Crippen LogP contribution in [0.2, 0.25) is 0 Å². The van der Waals surface area contributed by atoms with Crippen LogP contribution in [0.3, 0.4) is 0 Å². The third-order valence-corrected chi connectivity index (χ3v) is 3.02. The van der Waals surface area contributed by atoms with Crippen molar-refractivity contribution < 1.29 is 13.2 Å². The fraction of sp³-hybridized carbons (Fsp3) is 0.125. The van der Waals surface area contributed by atoms with Crippen molar-refractivity contribution in [2.24, 2.45) is 5.84 Å². The zero-order valence-corrected chi connectivity index (χ0v) is 9.34. The van der Waals surface area contributed by atoms with Gasteiger partial charge in [-0.1, -0.05) is 17.7 Å². The van der Waals surface area contributed by atoms with E-state index in [0.29, 0.717) is 0 Å². The van der Waals surface area contributed by atoms with Crippen LogP contribution in [0.4, 0.5) is 4.79 Å². The molecule has 0 saturated heterocycles. The van der Waals surface area contributed by atoms with Gasteiger partial charge in [-0.15, -0.1) is 4.83 Å². The Morgan fingerprint density at radius 1 is 1.25 bits per heavy atom. The van der Waals surface area contributed by atoms with E-state index in [2.05, 4.69) is 0 Å². The largest absolute Gasteiger partial charge is 0.344 e. The summed E-state index contributed by atoms with van der Waals surface area (Å²) in [6.07, 6.45) is 0. The number of nitrogens with one attached hydrogen (secondary N) is 3. The molecule has 0 unspecified atom stereocenters. The van der Waals surface area contributed by atoms with Gasteiger partial charge in [0.1, 0.15) is 0 Å². The van der Waals surface area contributed by atoms with Crippen molar-refractivity contribution in [2.45, 2.75) is 11.8 Å². The predicted molar refractivity (Wildman–Crippen MR) is 57.4 cm³/mol. The van der Waals surface area contributed by atoms with Gasteiger partial charge in [0.25, 0.3) is 10.0 Å². The highest BCUT2D eigenvalue weighted by Gasteiger charge is 2.13. The van der Waals surface area contributed by atoms with Crippen molar-refractivity contribution >= 4 is 16.1 Å². The summed E-state index contributed by atoms with van der Waals surface area (Å²) in [5.41, 5.74) is 4.53. The van der Waals surface area contributed by atoms with E-state index in [1.165, 1.54) is 12.1 Å². The standard InChI is InChI=1S/C8H12N4O3S/c1-6-2-4-7(5-3-6)16(14,15)12-11-8(13)10-9/h2-5,12H,9H2,1H3,(H2,10,11,13). The van der Waals surface area contributed by atoms with Gasteiger partial charge in [0.15, 0.2) is 0 Å². The van der Waals surface area contributed by atoms with E-state index >= 15 is 0 Å². The number of rotatable bonds is 3. The average Bonchev–Trinajstić information content (AvgIpc) is 2.26. The molecule has 7 nitrogen and oxygen atoms in total. The Morgan fingerprint density at radius 3 is 2.31 bits per heavy atom. The summed E-state index contributed by atoms with van der Waals surface area (Å²) in [7, 11) is -3.76. The number of sulfonamides is 1. The molecule has 1 aromatic rings. The van der Waals surface area contributed by atoms with Crippen LogP contribution in [0.15, 0.2) is 29.2 Å². The van der Waals surface area contributed by atoms with E-state index in [4.69, 9.17) is 5.84 Å². The van der Waals surface area contributed by atoms with Gasteiger partial charge in [0, 0.05) is 0 Å². The van der Waals surface area contributed by atoms with Crippen LogP contribution in [-0.2, 0) is 10.0 Å². The molecular formula is C8H12N4O3S. The molecule has 1 rings (SSSR count). The second kappa shape index (κ2) is 4.92. The molecule has 0 heterocycles. The molecule has 0 spiro atoms. The van der Waals surface area contributed by atoms with Crippen molar-refractivity contribution in [3.63, 3.8) is 0 Å². The SMILES string of the molecule is Cc1ccc(S(=O)(=O)NNC(=O)NN)cc1. The number of hydrogen-bond acceptors (Lipinski definition) is 4. The second-order valence-electron chi connectivity index (χ2n) is 3.02. The van der Waals surface area contributed by atoms with Crippen LogP contribution < -0.4 is 21.5 Å². The number of benzene rings is 1. The molecule has 0 aliphatic heterocycles. The summed E-state index contributed by atoms with van der Waals surface area (Å²) < 4.78 is 23.1. The molecular weight excluding hydrogens is 232 g/mol. The van der Waals surface area contributed by atoms with Crippen molar-refractivity contribution in [3.05, 3.63) is 29.8 Å². The first kappa shape index (κ1) is 12.4. The normalized spacial score (nSPS) is 10.9. The molecule has 0 saturated carbocycles. The number of nitrogens with two attached hydrogens (primary N) is 1. The van der Waals surface area contributed by atoms with E-state index in [1.807, 2.05) is 17.2 Å². The lowest BCUT2D eigenvalue weighted by molar-refractivity contribution is 0.239. The smallest absolute Gasteiger partial charge is 0.275 e. The molecule has 1 aromatic carbocycles. The second-order valence-corrected chi connectivity index (χ2v) is 4.70. The van der Waals surface area contributed by atoms with Crippen LogP contribution in [0.25, 0.3) is 0 Å². The molecule has 0 bridgehead atoms. The predicted octanol–water partition coefficient (Wildman–Crippen LogP) is -0.639. The summed E-state index contributed by atoms with van der Waals surface area (Å²) in [5, 5.41) is 0. The molecule has 8 heteroatoms. The lowest BCUT2D eigenvalue weighted by Crippen LogP contribution is -2.48. The Kier molecular flexibility index (Phi) is 3.82. The number of urea groups is 1. The van der Waals surface area contributed by atoms with E-state index in [1.54, 1.807) is 17.6 Å². The molecule has 0 aliphatic carbocycles.